The van der Waals surface area contributed by atoms with E-state index >= 15 is 0 Å². The fourth-order valence-electron chi connectivity index (χ4n) is 3.05. The predicted octanol–water partition coefficient (Wildman–Crippen LogP) is 4.38. The van der Waals surface area contributed by atoms with Gasteiger partial charge in [-0.3, -0.25) is 4.79 Å². The van der Waals surface area contributed by atoms with Crippen molar-refractivity contribution in [2.24, 2.45) is 4.99 Å². The van der Waals surface area contributed by atoms with E-state index in [1.807, 2.05) is 30.3 Å². The van der Waals surface area contributed by atoms with Crippen LogP contribution in [0.2, 0.25) is 0 Å². The van der Waals surface area contributed by atoms with Gasteiger partial charge in [-0.25, -0.2) is 4.39 Å². The standard InChI is InChI=1S/C20H17BrFN3OS/c21-15-3-1-14(2-4-15)13-18-19(26)23-20(27-18)25-11-9-24(10-12-25)17-7-5-16(22)6-8-17/h1-8,13H,9-12H2/b18-13-. The number of carbonyl (C=O) groups is 1. The first-order chi connectivity index (χ1) is 13.1. The number of benzene rings is 2. The molecule has 2 aromatic rings. The van der Waals surface area contributed by atoms with E-state index in [2.05, 4.69) is 30.7 Å². The Bertz CT molecular complexity index is 904. The molecule has 2 aromatic carbocycles. The zero-order valence-electron chi connectivity index (χ0n) is 14.4. The van der Waals surface area contributed by atoms with E-state index in [0.717, 1.165) is 47.1 Å². The number of aliphatic imine (C=N–C) groups is 1. The summed E-state index contributed by atoms with van der Waals surface area (Å²) in [5.41, 5.74) is 2.00. The maximum atomic E-state index is 13.1. The van der Waals surface area contributed by atoms with Gasteiger partial charge >= 0.3 is 0 Å². The fraction of sp³-hybridized carbons (Fsp3) is 0.200. The Morgan fingerprint density at radius 2 is 1.59 bits per heavy atom. The van der Waals surface area contributed by atoms with E-state index in [0.29, 0.717) is 4.91 Å². The molecular formula is C20H17BrFN3OS. The third-order valence-electron chi connectivity index (χ3n) is 4.52. The molecular weight excluding hydrogens is 429 g/mol. The number of carbonyl (C=O) groups excluding carboxylic acids is 1. The summed E-state index contributed by atoms with van der Waals surface area (Å²) in [6.07, 6.45) is 1.88. The van der Waals surface area contributed by atoms with Crippen molar-refractivity contribution in [2.45, 2.75) is 0 Å². The lowest BCUT2D eigenvalue weighted by Gasteiger charge is -2.36. The van der Waals surface area contributed by atoms with Crippen molar-refractivity contribution in [3.8, 4) is 0 Å². The second-order valence-electron chi connectivity index (χ2n) is 6.31. The van der Waals surface area contributed by atoms with Crippen LogP contribution in [0.3, 0.4) is 0 Å². The van der Waals surface area contributed by atoms with Crippen molar-refractivity contribution < 1.29 is 9.18 Å². The van der Waals surface area contributed by atoms with Crippen LogP contribution in [0, 0.1) is 5.82 Å². The molecule has 0 radical (unpaired) electrons. The lowest BCUT2D eigenvalue weighted by molar-refractivity contribution is -0.113. The second kappa shape index (κ2) is 7.86. The van der Waals surface area contributed by atoms with Crippen LogP contribution in [0.4, 0.5) is 10.1 Å². The Labute approximate surface area is 169 Å². The van der Waals surface area contributed by atoms with Crippen molar-refractivity contribution in [1.29, 1.82) is 0 Å². The topological polar surface area (TPSA) is 35.9 Å². The largest absolute Gasteiger partial charge is 0.368 e. The quantitative estimate of drug-likeness (QED) is 0.642. The fourth-order valence-corrected chi connectivity index (χ4v) is 4.28. The highest BCUT2D eigenvalue weighted by Crippen LogP contribution is 2.31. The minimum atomic E-state index is -0.224. The maximum Gasteiger partial charge on any atom is 0.286 e. The number of nitrogens with zero attached hydrogens (tertiary/aromatic N) is 3. The molecule has 4 nitrogen and oxygen atoms in total. The lowest BCUT2D eigenvalue weighted by atomic mass is 10.2. The zero-order valence-corrected chi connectivity index (χ0v) is 16.8. The molecule has 2 aliphatic rings. The van der Waals surface area contributed by atoms with E-state index in [-0.39, 0.29) is 11.7 Å². The summed E-state index contributed by atoms with van der Waals surface area (Å²) in [4.78, 5) is 21.5. The molecule has 0 aliphatic carbocycles. The lowest BCUT2D eigenvalue weighted by Crippen LogP contribution is -2.47. The minimum absolute atomic E-state index is 0.182. The monoisotopic (exact) mass is 445 g/mol. The molecule has 2 heterocycles. The smallest absolute Gasteiger partial charge is 0.286 e. The van der Waals surface area contributed by atoms with Crippen molar-refractivity contribution >= 4 is 50.5 Å². The molecule has 0 saturated carbocycles. The summed E-state index contributed by atoms with van der Waals surface area (Å²) in [5, 5.41) is 0.766. The molecule has 7 heteroatoms. The van der Waals surface area contributed by atoms with Crippen molar-refractivity contribution in [3.63, 3.8) is 0 Å². The van der Waals surface area contributed by atoms with E-state index < -0.39 is 0 Å². The number of piperazine rings is 1. The molecule has 27 heavy (non-hydrogen) atoms. The summed E-state index contributed by atoms with van der Waals surface area (Å²) in [5.74, 6) is -0.406. The normalized spacial score (nSPS) is 19.0. The van der Waals surface area contributed by atoms with Crippen molar-refractivity contribution in [2.75, 3.05) is 31.1 Å². The van der Waals surface area contributed by atoms with Gasteiger partial charge in [0.1, 0.15) is 5.82 Å². The average molecular weight is 446 g/mol. The number of thioether (sulfide) groups is 1. The molecule has 0 atom stereocenters. The highest BCUT2D eigenvalue weighted by molar-refractivity contribution is 9.10. The number of halogens is 2. The van der Waals surface area contributed by atoms with Crippen molar-refractivity contribution in [3.05, 3.63) is 69.3 Å². The molecule has 0 N–H and O–H groups in total. The third kappa shape index (κ3) is 4.25. The van der Waals surface area contributed by atoms with Crippen LogP contribution >= 0.6 is 27.7 Å². The second-order valence-corrected chi connectivity index (χ2v) is 8.24. The summed E-state index contributed by atoms with van der Waals surface area (Å²) >= 11 is 4.84. The molecule has 1 fully saturated rings. The van der Waals surface area contributed by atoms with Crippen LogP contribution in [-0.2, 0) is 4.79 Å². The minimum Gasteiger partial charge on any atom is -0.368 e. The van der Waals surface area contributed by atoms with Gasteiger partial charge in [0.25, 0.3) is 5.91 Å². The van der Waals surface area contributed by atoms with Gasteiger partial charge in [-0.15, -0.1) is 0 Å². The van der Waals surface area contributed by atoms with Gasteiger partial charge in [0, 0.05) is 36.3 Å². The maximum absolute atomic E-state index is 13.1. The molecule has 0 unspecified atom stereocenters. The molecule has 1 amide bonds. The van der Waals surface area contributed by atoms with Gasteiger partial charge in [0.05, 0.1) is 4.91 Å². The third-order valence-corrected chi connectivity index (χ3v) is 6.09. The van der Waals surface area contributed by atoms with Crippen LogP contribution in [0.25, 0.3) is 6.08 Å². The number of amidine groups is 1. The average Bonchev–Trinajstić information content (AvgIpc) is 3.05. The van der Waals surface area contributed by atoms with E-state index in [9.17, 15) is 9.18 Å². The van der Waals surface area contributed by atoms with Crippen LogP contribution in [0.15, 0.2) is 62.9 Å². The molecule has 138 valence electrons. The zero-order chi connectivity index (χ0) is 18.8. The van der Waals surface area contributed by atoms with E-state index in [1.54, 1.807) is 12.1 Å². The molecule has 2 aliphatic heterocycles. The van der Waals surface area contributed by atoms with Gasteiger partial charge in [0.2, 0.25) is 0 Å². The number of anilines is 1. The van der Waals surface area contributed by atoms with Crippen LogP contribution < -0.4 is 4.90 Å². The van der Waals surface area contributed by atoms with E-state index in [4.69, 9.17) is 0 Å². The predicted molar refractivity (Wildman–Crippen MR) is 112 cm³/mol. The summed E-state index contributed by atoms with van der Waals surface area (Å²) in [7, 11) is 0. The SMILES string of the molecule is O=C1N=C(N2CCN(c3ccc(F)cc3)CC2)S/C1=C\c1ccc(Br)cc1. The number of hydrogen-bond donors (Lipinski definition) is 0. The van der Waals surface area contributed by atoms with Gasteiger partial charge in [0.15, 0.2) is 5.17 Å². The van der Waals surface area contributed by atoms with Crippen LogP contribution in [-0.4, -0.2) is 42.2 Å². The van der Waals surface area contributed by atoms with Crippen LogP contribution in [0.1, 0.15) is 5.56 Å². The van der Waals surface area contributed by atoms with Crippen LogP contribution in [0.5, 0.6) is 0 Å². The van der Waals surface area contributed by atoms with E-state index in [1.165, 1.54) is 23.9 Å². The molecule has 1 saturated heterocycles. The molecule has 0 spiro atoms. The Hall–Kier alpha value is -2.12. The Balaban J connectivity index is 1.39. The Morgan fingerprint density at radius 3 is 2.26 bits per heavy atom. The van der Waals surface area contributed by atoms with Gasteiger partial charge in [-0.2, -0.15) is 4.99 Å². The molecule has 4 rings (SSSR count). The van der Waals surface area contributed by atoms with Gasteiger partial charge in [-0.1, -0.05) is 28.1 Å². The first-order valence-corrected chi connectivity index (χ1v) is 10.2. The number of rotatable bonds is 2. The number of hydrogen-bond acceptors (Lipinski definition) is 4. The first-order valence-electron chi connectivity index (χ1n) is 8.62. The van der Waals surface area contributed by atoms with Gasteiger partial charge < -0.3 is 9.80 Å². The molecule has 0 aromatic heterocycles. The van der Waals surface area contributed by atoms with Gasteiger partial charge in [-0.05, 0) is 59.8 Å². The number of amides is 1. The molecule has 0 bridgehead atoms. The highest BCUT2D eigenvalue weighted by Gasteiger charge is 2.28. The van der Waals surface area contributed by atoms with Crippen molar-refractivity contribution in [1.82, 2.24) is 4.90 Å². The Morgan fingerprint density at radius 1 is 0.963 bits per heavy atom. The highest BCUT2D eigenvalue weighted by atomic mass is 79.9. The summed E-state index contributed by atoms with van der Waals surface area (Å²) in [6, 6.07) is 14.4. The summed E-state index contributed by atoms with van der Waals surface area (Å²) < 4.78 is 14.1. The first kappa shape index (κ1) is 18.3. The summed E-state index contributed by atoms with van der Waals surface area (Å²) in [6.45, 7) is 3.18. The Kier molecular flexibility index (Phi) is 5.31.